The van der Waals surface area contributed by atoms with Gasteiger partial charge in [0.1, 0.15) is 6.10 Å². The molecule has 24 heavy (non-hydrogen) atoms. The number of likely N-dealkylation sites (tertiary alicyclic amines) is 1. The van der Waals surface area contributed by atoms with E-state index in [-0.39, 0.29) is 18.1 Å². The number of fused-ring (bicyclic) bond motifs is 2. The molecule has 0 spiro atoms. The second kappa shape index (κ2) is 6.26. The summed E-state index contributed by atoms with van der Waals surface area (Å²) < 4.78 is 16.9. The van der Waals surface area contributed by atoms with Gasteiger partial charge in [0, 0.05) is 33.2 Å². The smallest absolute Gasteiger partial charge is 0.251 e. The minimum atomic E-state index is -0.272. The SMILES string of the molecule is CN(C)C(=O)[C@@H]1CC[C@H]2[C@H](CCN2Cc2ccc3c(c2)OCO3)O1. The number of benzene rings is 1. The first-order valence-electron chi connectivity index (χ1n) is 8.61. The first-order chi connectivity index (χ1) is 11.6. The van der Waals surface area contributed by atoms with Crippen molar-refractivity contribution in [2.24, 2.45) is 0 Å². The molecule has 2 fully saturated rings. The molecule has 0 aromatic heterocycles. The van der Waals surface area contributed by atoms with Crippen molar-refractivity contribution in [3.05, 3.63) is 23.8 Å². The second-order valence-corrected chi connectivity index (χ2v) is 6.99. The highest BCUT2D eigenvalue weighted by molar-refractivity contribution is 5.80. The van der Waals surface area contributed by atoms with Gasteiger partial charge >= 0.3 is 0 Å². The lowest BCUT2D eigenvalue weighted by Gasteiger charge is -2.36. The third-order valence-corrected chi connectivity index (χ3v) is 5.20. The number of rotatable bonds is 3. The predicted octanol–water partition coefficient (Wildman–Crippen LogP) is 1.63. The van der Waals surface area contributed by atoms with Gasteiger partial charge < -0.3 is 19.1 Å². The topological polar surface area (TPSA) is 51.2 Å². The molecular weight excluding hydrogens is 308 g/mol. The van der Waals surface area contributed by atoms with Gasteiger partial charge in [0.2, 0.25) is 6.79 Å². The zero-order valence-electron chi connectivity index (χ0n) is 14.2. The van der Waals surface area contributed by atoms with E-state index < -0.39 is 0 Å². The lowest BCUT2D eigenvalue weighted by atomic mass is 9.98. The third kappa shape index (κ3) is 2.84. The van der Waals surface area contributed by atoms with Crippen LogP contribution in [0, 0.1) is 0 Å². The first kappa shape index (κ1) is 15.7. The minimum absolute atomic E-state index is 0.0858. The molecule has 0 bridgehead atoms. The van der Waals surface area contributed by atoms with Crippen LogP contribution in [0.1, 0.15) is 24.8 Å². The largest absolute Gasteiger partial charge is 0.454 e. The number of ether oxygens (including phenoxy) is 3. The van der Waals surface area contributed by atoms with Crippen LogP contribution >= 0.6 is 0 Å². The molecule has 3 aliphatic rings. The molecule has 0 N–H and O–H groups in total. The fourth-order valence-corrected chi connectivity index (χ4v) is 3.95. The number of nitrogens with zero attached hydrogens (tertiary/aromatic N) is 2. The van der Waals surface area contributed by atoms with Gasteiger partial charge in [-0.05, 0) is 37.0 Å². The summed E-state index contributed by atoms with van der Waals surface area (Å²) in [4.78, 5) is 16.2. The van der Waals surface area contributed by atoms with Gasteiger partial charge in [-0.2, -0.15) is 0 Å². The summed E-state index contributed by atoms with van der Waals surface area (Å²) in [5.74, 6) is 1.74. The molecule has 6 heteroatoms. The molecule has 0 radical (unpaired) electrons. The summed E-state index contributed by atoms with van der Waals surface area (Å²) >= 11 is 0. The van der Waals surface area contributed by atoms with E-state index in [0.29, 0.717) is 12.8 Å². The van der Waals surface area contributed by atoms with E-state index in [0.717, 1.165) is 43.9 Å². The number of hydrogen-bond donors (Lipinski definition) is 0. The van der Waals surface area contributed by atoms with E-state index in [1.54, 1.807) is 19.0 Å². The summed E-state index contributed by atoms with van der Waals surface area (Å²) in [6, 6.07) is 6.55. The van der Waals surface area contributed by atoms with Crippen LogP contribution in [-0.4, -0.2) is 61.4 Å². The van der Waals surface area contributed by atoms with E-state index in [9.17, 15) is 4.79 Å². The third-order valence-electron chi connectivity index (χ3n) is 5.20. The Hall–Kier alpha value is -1.79. The van der Waals surface area contributed by atoms with Gasteiger partial charge in [-0.3, -0.25) is 9.69 Å². The maximum absolute atomic E-state index is 12.1. The van der Waals surface area contributed by atoms with Crippen LogP contribution < -0.4 is 9.47 Å². The highest BCUT2D eigenvalue weighted by Gasteiger charge is 2.41. The van der Waals surface area contributed by atoms with Crippen LogP contribution in [0.15, 0.2) is 18.2 Å². The van der Waals surface area contributed by atoms with Gasteiger partial charge in [0.15, 0.2) is 11.5 Å². The summed E-state index contributed by atoms with van der Waals surface area (Å²) in [6.07, 6.45) is 2.70. The van der Waals surface area contributed by atoms with E-state index in [2.05, 4.69) is 17.0 Å². The highest BCUT2D eigenvalue weighted by atomic mass is 16.7. The van der Waals surface area contributed by atoms with Crippen molar-refractivity contribution in [3.63, 3.8) is 0 Å². The Labute approximate surface area is 142 Å². The molecule has 2 saturated heterocycles. The molecule has 3 aliphatic heterocycles. The summed E-state index contributed by atoms with van der Waals surface area (Å²) in [6.45, 7) is 2.20. The summed E-state index contributed by atoms with van der Waals surface area (Å²) in [5, 5.41) is 0. The minimum Gasteiger partial charge on any atom is -0.454 e. The normalized spacial score (nSPS) is 28.7. The molecule has 0 unspecified atom stereocenters. The van der Waals surface area contributed by atoms with Crippen LogP contribution in [0.25, 0.3) is 0 Å². The van der Waals surface area contributed by atoms with E-state index >= 15 is 0 Å². The van der Waals surface area contributed by atoms with Crippen molar-refractivity contribution >= 4 is 5.91 Å². The lowest BCUT2D eigenvalue weighted by Crippen LogP contribution is -2.47. The Morgan fingerprint density at radius 3 is 2.88 bits per heavy atom. The lowest BCUT2D eigenvalue weighted by molar-refractivity contribution is -0.152. The van der Waals surface area contributed by atoms with Gasteiger partial charge in [0.25, 0.3) is 5.91 Å². The highest BCUT2D eigenvalue weighted by Crippen LogP contribution is 2.36. The molecule has 6 nitrogen and oxygen atoms in total. The Bertz CT molecular complexity index is 633. The van der Waals surface area contributed by atoms with Crippen LogP contribution in [0.2, 0.25) is 0 Å². The number of likely N-dealkylation sites (N-methyl/N-ethyl adjacent to an activating group) is 1. The van der Waals surface area contributed by atoms with Crippen molar-refractivity contribution in [2.45, 2.75) is 44.1 Å². The van der Waals surface area contributed by atoms with Crippen LogP contribution in [0.3, 0.4) is 0 Å². The van der Waals surface area contributed by atoms with Gasteiger partial charge in [-0.1, -0.05) is 6.07 Å². The van der Waals surface area contributed by atoms with Gasteiger partial charge in [-0.15, -0.1) is 0 Å². The number of carbonyl (C=O) groups excluding carboxylic acids is 1. The van der Waals surface area contributed by atoms with Crippen molar-refractivity contribution in [1.82, 2.24) is 9.80 Å². The standard InChI is InChI=1S/C18H24N2O4/c1-19(2)18(21)16-6-4-13-14(24-16)7-8-20(13)10-12-3-5-15-17(9-12)23-11-22-15/h3,5,9,13-14,16H,4,6-8,10-11H2,1-2H3/t13-,14-,16-/m0/s1. The van der Waals surface area contributed by atoms with E-state index in [1.807, 2.05) is 6.07 Å². The molecule has 1 aromatic carbocycles. The summed E-state index contributed by atoms with van der Waals surface area (Å²) in [5.41, 5.74) is 1.23. The van der Waals surface area contributed by atoms with Crippen LogP contribution in [-0.2, 0) is 16.1 Å². The number of amides is 1. The predicted molar refractivity (Wildman–Crippen MR) is 88.0 cm³/mol. The van der Waals surface area contributed by atoms with Crippen LogP contribution in [0.5, 0.6) is 11.5 Å². The molecule has 1 aromatic rings. The summed E-state index contributed by atoms with van der Waals surface area (Å²) in [7, 11) is 3.58. The van der Waals surface area contributed by atoms with Gasteiger partial charge in [-0.25, -0.2) is 0 Å². The van der Waals surface area contributed by atoms with E-state index in [4.69, 9.17) is 14.2 Å². The molecule has 3 heterocycles. The molecule has 4 rings (SSSR count). The maximum Gasteiger partial charge on any atom is 0.251 e. The second-order valence-electron chi connectivity index (χ2n) is 6.99. The zero-order chi connectivity index (χ0) is 16.7. The molecule has 0 saturated carbocycles. The van der Waals surface area contributed by atoms with Crippen molar-refractivity contribution in [3.8, 4) is 11.5 Å². The van der Waals surface area contributed by atoms with Crippen molar-refractivity contribution in [1.29, 1.82) is 0 Å². The first-order valence-corrected chi connectivity index (χ1v) is 8.61. The average molecular weight is 332 g/mol. The maximum atomic E-state index is 12.1. The van der Waals surface area contributed by atoms with Gasteiger partial charge in [0.05, 0.1) is 6.10 Å². The van der Waals surface area contributed by atoms with Crippen molar-refractivity contribution < 1.29 is 19.0 Å². The molecule has 3 atom stereocenters. The molecule has 130 valence electrons. The molecule has 0 aliphatic carbocycles. The fourth-order valence-electron chi connectivity index (χ4n) is 3.95. The van der Waals surface area contributed by atoms with Crippen molar-refractivity contribution in [2.75, 3.05) is 27.4 Å². The Kier molecular flexibility index (Phi) is 4.10. The average Bonchev–Trinajstić information content (AvgIpc) is 3.20. The quantitative estimate of drug-likeness (QED) is 0.842. The number of hydrogen-bond acceptors (Lipinski definition) is 5. The zero-order valence-corrected chi connectivity index (χ0v) is 14.2. The van der Waals surface area contributed by atoms with Crippen LogP contribution in [0.4, 0.5) is 0 Å². The molecular formula is C18H24N2O4. The van der Waals surface area contributed by atoms with E-state index in [1.165, 1.54) is 5.56 Å². The Morgan fingerprint density at radius 1 is 1.21 bits per heavy atom. The number of carbonyl (C=O) groups is 1. The Balaban J connectivity index is 1.40. The Morgan fingerprint density at radius 2 is 2.04 bits per heavy atom. The molecule has 1 amide bonds. The fraction of sp³-hybridized carbons (Fsp3) is 0.611. The monoisotopic (exact) mass is 332 g/mol.